The van der Waals surface area contributed by atoms with E-state index >= 15 is 0 Å². The summed E-state index contributed by atoms with van der Waals surface area (Å²) in [5.74, 6) is 1.98. The number of methoxy groups -OCH3 is 2. The minimum atomic E-state index is -4.06. The van der Waals surface area contributed by atoms with Gasteiger partial charge in [-0.15, -0.1) is 0 Å². The molecule has 0 N–H and O–H groups in total. The standard InChI is InChI=1S/C30H35N3O6S/c1-8-24-16-23(17-38-27-15-19(2)31-21(4)29(27)37-7)13-14-25(24)26-11-9-10-12-28(26)40(34,35)33(18-36-6)30-20(3)22(5)39-32-30/h9-16H,8,17-18H2,1-7H3. The molecule has 0 amide bonds. The number of rotatable bonds is 11. The third-order valence-corrected chi connectivity index (χ3v) is 8.52. The molecule has 0 fully saturated rings. The number of sulfonamides is 1. The topological polar surface area (TPSA) is 104 Å². The smallest absolute Gasteiger partial charge is 0.268 e. The highest BCUT2D eigenvalue weighted by atomic mass is 32.2. The van der Waals surface area contributed by atoms with Crippen LogP contribution in [-0.2, 0) is 27.8 Å². The van der Waals surface area contributed by atoms with Crippen LogP contribution in [-0.4, -0.2) is 39.5 Å². The van der Waals surface area contributed by atoms with E-state index in [0.29, 0.717) is 41.4 Å². The minimum Gasteiger partial charge on any atom is -0.491 e. The summed E-state index contributed by atoms with van der Waals surface area (Å²) in [4.78, 5) is 4.59. The van der Waals surface area contributed by atoms with Gasteiger partial charge in [-0.3, -0.25) is 4.98 Å². The quantitative estimate of drug-likeness (QED) is 0.207. The van der Waals surface area contributed by atoms with E-state index < -0.39 is 10.0 Å². The van der Waals surface area contributed by atoms with E-state index in [0.717, 1.165) is 32.4 Å². The van der Waals surface area contributed by atoms with E-state index in [4.69, 9.17) is 18.7 Å². The van der Waals surface area contributed by atoms with Crippen molar-refractivity contribution in [2.75, 3.05) is 25.3 Å². The van der Waals surface area contributed by atoms with E-state index in [9.17, 15) is 8.42 Å². The summed E-state index contributed by atoms with van der Waals surface area (Å²) >= 11 is 0. The van der Waals surface area contributed by atoms with Crippen molar-refractivity contribution >= 4 is 15.8 Å². The Labute approximate surface area is 235 Å². The molecule has 0 atom stereocenters. The van der Waals surface area contributed by atoms with Crippen LogP contribution in [0.3, 0.4) is 0 Å². The average Bonchev–Trinajstić information content (AvgIpc) is 3.27. The van der Waals surface area contributed by atoms with E-state index in [-0.39, 0.29) is 17.4 Å². The van der Waals surface area contributed by atoms with Crippen molar-refractivity contribution in [3.05, 3.63) is 82.4 Å². The Kier molecular flexibility index (Phi) is 8.80. The molecule has 212 valence electrons. The fourth-order valence-corrected chi connectivity index (χ4v) is 6.21. The molecule has 2 aromatic carbocycles. The van der Waals surface area contributed by atoms with Crippen LogP contribution in [0, 0.1) is 27.7 Å². The summed E-state index contributed by atoms with van der Waals surface area (Å²) in [6, 6.07) is 14.8. The van der Waals surface area contributed by atoms with Crippen molar-refractivity contribution in [2.45, 2.75) is 52.5 Å². The number of hydrogen-bond acceptors (Lipinski definition) is 8. The van der Waals surface area contributed by atoms with Crippen molar-refractivity contribution in [1.29, 1.82) is 0 Å². The lowest BCUT2D eigenvalue weighted by Gasteiger charge is -2.23. The highest BCUT2D eigenvalue weighted by Crippen LogP contribution is 2.36. The van der Waals surface area contributed by atoms with Crippen LogP contribution in [0.25, 0.3) is 11.1 Å². The molecule has 2 aromatic heterocycles. The Hall–Kier alpha value is -3.89. The first-order chi connectivity index (χ1) is 19.1. The van der Waals surface area contributed by atoms with Crippen LogP contribution in [0.1, 0.15) is 40.8 Å². The molecule has 0 spiro atoms. The van der Waals surface area contributed by atoms with Gasteiger partial charge in [0.15, 0.2) is 17.3 Å². The largest absolute Gasteiger partial charge is 0.491 e. The number of nitrogens with zero attached hydrogens (tertiary/aromatic N) is 3. The van der Waals surface area contributed by atoms with E-state index in [1.165, 1.54) is 7.11 Å². The van der Waals surface area contributed by atoms with Crippen LogP contribution in [0.4, 0.5) is 5.82 Å². The lowest BCUT2D eigenvalue weighted by molar-refractivity contribution is 0.208. The predicted molar refractivity (Wildman–Crippen MR) is 153 cm³/mol. The maximum absolute atomic E-state index is 14.0. The predicted octanol–water partition coefficient (Wildman–Crippen LogP) is 5.92. The molecule has 0 bridgehead atoms. The first-order valence-corrected chi connectivity index (χ1v) is 14.4. The van der Waals surface area contributed by atoms with Crippen molar-refractivity contribution < 1.29 is 27.2 Å². The Morgan fingerprint density at radius 1 is 0.975 bits per heavy atom. The number of anilines is 1. The second kappa shape index (κ2) is 12.1. The summed E-state index contributed by atoms with van der Waals surface area (Å²) in [6.45, 7) is 9.45. The Morgan fingerprint density at radius 3 is 2.38 bits per heavy atom. The fourth-order valence-electron chi connectivity index (χ4n) is 4.62. The van der Waals surface area contributed by atoms with Gasteiger partial charge in [-0.1, -0.05) is 48.5 Å². The molecule has 0 saturated carbocycles. The van der Waals surface area contributed by atoms with Gasteiger partial charge < -0.3 is 18.7 Å². The summed E-state index contributed by atoms with van der Waals surface area (Å²) in [5.41, 5.74) is 5.59. The fraction of sp³-hybridized carbons (Fsp3) is 0.333. The van der Waals surface area contributed by atoms with Crippen LogP contribution >= 0.6 is 0 Å². The Balaban J connectivity index is 1.71. The van der Waals surface area contributed by atoms with Gasteiger partial charge >= 0.3 is 0 Å². The normalized spacial score (nSPS) is 11.5. The minimum absolute atomic E-state index is 0.151. The van der Waals surface area contributed by atoms with Gasteiger partial charge in [0.05, 0.1) is 17.7 Å². The highest BCUT2D eigenvalue weighted by Gasteiger charge is 2.32. The molecule has 0 aliphatic heterocycles. The first-order valence-electron chi connectivity index (χ1n) is 12.9. The van der Waals surface area contributed by atoms with Gasteiger partial charge in [0, 0.05) is 30.0 Å². The summed E-state index contributed by atoms with van der Waals surface area (Å²) < 4.78 is 51.4. The molecular formula is C30H35N3O6S. The molecule has 9 nitrogen and oxygen atoms in total. The maximum atomic E-state index is 14.0. The Bertz CT molecular complexity index is 1610. The van der Waals surface area contributed by atoms with Crippen LogP contribution < -0.4 is 13.8 Å². The Morgan fingerprint density at radius 2 is 1.73 bits per heavy atom. The molecule has 0 saturated heterocycles. The number of aromatic nitrogens is 2. The van der Waals surface area contributed by atoms with E-state index in [2.05, 4.69) is 10.1 Å². The van der Waals surface area contributed by atoms with Gasteiger partial charge in [0.1, 0.15) is 19.1 Å². The van der Waals surface area contributed by atoms with Gasteiger partial charge in [-0.05, 0) is 56.9 Å². The van der Waals surface area contributed by atoms with Gasteiger partial charge in [0.2, 0.25) is 0 Å². The number of ether oxygens (including phenoxy) is 3. The zero-order valence-corrected chi connectivity index (χ0v) is 24.8. The number of hydrogen-bond donors (Lipinski definition) is 0. The van der Waals surface area contributed by atoms with Crippen molar-refractivity contribution in [3.8, 4) is 22.6 Å². The van der Waals surface area contributed by atoms with Crippen molar-refractivity contribution in [3.63, 3.8) is 0 Å². The summed E-state index contributed by atoms with van der Waals surface area (Å²) in [5, 5.41) is 4.01. The third kappa shape index (κ3) is 5.68. The SMILES string of the molecule is CCc1cc(COc2cc(C)nc(C)c2OC)ccc1-c1ccccc1S(=O)(=O)N(COC)c1noc(C)c1C. The van der Waals surface area contributed by atoms with E-state index in [1.807, 2.05) is 57.2 Å². The lowest BCUT2D eigenvalue weighted by atomic mass is 9.96. The zero-order chi connectivity index (χ0) is 29.0. The molecule has 4 rings (SSSR count). The monoisotopic (exact) mass is 565 g/mol. The molecule has 4 aromatic rings. The maximum Gasteiger partial charge on any atom is 0.268 e. The molecule has 0 unspecified atom stereocenters. The molecule has 0 radical (unpaired) electrons. The van der Waals surface area contributed by atoms with Gasteiger partial charge in [0.25, 0.3) is 10.0 Å². The second-order valence-corrected chi connectivity index (χ2v) is 11.3. The van der Waals surface area contributed by atoms with Crippen LogP contribution in [0.15, 0.2) is 57.9 Å². The summed E-state index contributed by atoms with van der Waals surface area (Å²) in [6.07, 6.45) is 0.692. The molecular weight excluding hydrogens is 530 g/mol. The first kappa shape index (κ1) is 29.1. The molecule has 40 heavy (non-hydrogen) atoms. The number of pyridine rings is 1. The molecule has 0 aliphatic rings. The lowest BCUT2D eigenvalue weighted by Crippen LogP contribution is -2.34. The van der Waals surface area contributed by atoms with Gasteiger partial charge in [-0.2, -0.15) is 0 Å². The average molecular weight is 566 g/mol. The van der Waals surface area contributed by atoms with Crippen LogP contribution in [0.2, 0.25) is 0 Å². The van der Waals surface area contributed by atoms with Gasteiger partial charge in [-0.25, -0.2) is 12.7 Å². The molecule has 0 aliphatic carbocycles. The molecule has 10 heteroatoms. The van der Waals surface area contributed by atoms with Crippen molar-refractivity contribution in [2.24, 2.45) is 0 Å². The molecule has 2 heterocycles. The summed E-state index contributed by atoms with van der Waals surface area (Å²) in [7, 11) is -1.02. The number of aryl methyl sites for hydroxylation is 4. The zero-order valence-electron chi connectivity index (χ0n) is 23.9. The second-order valence-electron chi connectivity index (χ2n) is 9.47. The highest BCUT2D eigenvalue weighted by molar-refractivity contribution is 7.93. The van der Waals surface area contributed by atoms with Crippen LogP contribution in [0.5, 0.6) is 11.5 Å². The van der Waals surface area contributed by atoms with E-state index in [1.54, 1.807) is 33.1 Å². The number of benzene rings is 2. The van der Waals surface area contributed by atoms with Crippen molar-refractivity contribution in [1.82, 2.24) is 10.1 Å². The third-order valence-electron chi connectivity index (χ3n) is 6.75.